The van der Waals surface area contributed by atoms with Crippen LogP contribution in [0.4, 0.5) is 10.6 Å². The molecule has 0 radical (unpaired) electrons. The van der Waals surface area contributed by atoms with Crippen LogP contribution in [0, 0.1) is 0 Å². The number of nitrogens with one attached hydrogen (secondary N) is 3. The smallest absolute Gasteiger partial charge is 0.407 e. The van der Waals surface area contributed by atoms with Crippen molar-refractivity contribution in [3.05, 3.63) is 22.8 Å². The fourth-order valence-corrected chi connectivity index (χ4v) is 2.97. The minimum atomic E-state index is -0.597. The van der Waals surface area contributed by atoms with Crippen molar-refractivity contribution < 1.29 is 19.1 Å². The van der Waals surface area contributed by atoms with E-state index in [4.69, 9.17) is 16.3 Å². The first kappa shape index (κ1) is 22.7. The molecule has 3 amide bonds. The van der Waals surface area contributed by atoms with Crippen molar-refractivity contribution in [2.75, 3.05) is 25.0 Å². The van der Waals surface area contributed by atoms with Gasteiger partial charge in [-0.15, -0.1) is 0 Å². The molecule has 1 fully saturated rings. The third kappa shape index (κ3) is 6.49. The average Bonchev–Trinajstić information content (AvgIpc) is 2.56. The zero-order chi connectivity index (χ0) is 21.8. The van der Waals surface area contributed by atoms with E-state index in [1.54, 1.807) is 45.7 Å². The monoisotopic (exact) mass is 425 g/mol. The predicted molar refractivity (Wildman–Crippen MR) is 110 cm³/mol. The molecule has 29 heavy (non-hydrogen) atoms. The van der Waals surface area contributed by atoms with Gasteiger partial charge in [0.1, 0.15) is 22.6 Å². The zero-order valence-electron chi connectivity index (χ0n) is 17.3. The third-order valence-corrected chi connectivity index (χ3v) is 4.43. The second-order valence-electron chi connectivity index (χ2n) is 7.91. The van der Waals surface area contributed by atoms with Gasteiger partial charge in [-0.3, -0.25) is 9.59 Å². The molecular formula is C19H28ClN5O4. The van der Waals surface area contributed by atoms with Crippen LogP contribution in [0.2, 0.25) is 5.15 Å². The van der Waals surface area contributed by atoms with E-state index in [-0.39, 0.29) is 35.6 Å². The van der Waals surface area contributed by atoms with Gasteiger partial charge in [-0.2, -0.15) is 0 Å². The molecule has 2 heterocycles. The largest absolute Gasteiger partial charge is 0.444 e. The van der Waals surface area contributed by atoms with Crippen LogP contribution in [0.5, 0.6) is 0 Å². The van der Waals surface area contributed by atoms with Gasteiger partial charge in [0.05, 0.1) is 0 Å². The Morgan fingerprint density at radius 1 is 1.34 bits per heavy atom. The van der Waals surface area contributed by atoms with Gasteiger partial charge in [0.15, 0.2) is 0 Å². The zero-order valence-corrected chi connectivity index (χ0v) is 18.1. The summed E-state index contributed by atoms with van der Waals surface area (Å²) in [6.07, 6.45) is 0.162. The summed E-state index contributed by atoms with van der Waals surface area (Å²) in [5.41, 5.74) is -0.271. The van der Waals surface area contributed by atoms with Gasteiger partial charge in [0.2, 0.25) is 5.91 Å². The Labute approximate surface area is 175 Å². The van der Waals surface area contributed by atoms with Crippen molar-refractivity contribution in [2.24, 2.45) is 0 Å². The number of rotatable bonds is 6. The molecule has 9 nitrogen and oxygen atoms in total. The lowest BCUT2D eigenvalue weighted by atomic mass is 10.0. The van der Waals surface area contributed by atoms with E-state index < -0.39 is 11.7 Å². The van der Waals surface area contributed by atoms with E-state index in [0.717, 1.165) is 0 Å². The number of alkyl carbamates (subject to hydrolysis) is 1. The fraction of sp³-hybridized carbons (Fsp3) is 0.579. The van der Waals surface area contributed by atoms with Gasteiger partial charge < -0.3 is 25.6 Å². The predicted octanol–water partition coefficient (Wildman–Crippen LogP) is 1.70. The molecule has 0 saturated carbocycles. The highest BCUT2D eigenvalue weighted by molar-refractivity contribution is 6.30. The van der Waals surface area contributed by atoms with Gasteiger partial charge in [-0.1, -0.05) is 11.6 Å². The Bertz CT molecular complexity index is 780. The Balaban J connectivity index is 1.96. The van der Waals surface area contributed by atoms with Gasteiger partial charge in [0.25, 0.3) is 5.91 Å². The first-order valence-corrected chi connectivity index (χ1v) is 9.81. The number of halogens is 1. The number of pyridine rings is 1. The Hall–Kier alpha value is -2.55. The van der Waals surface area contributed by atoms with Crippen molar-refractivity contribution in [1.29, 1.82) is 0 Å². The lowest BCUT2D eigenvalue weighted by Gasteiger charge is -2.40. The van der Waals surface area contributed by atoms with Gasteiger partial charge in [-0.25, -0.2) is 9.78 Å². The second-order valence-corrected chi connectivity index (χ2v) is 8.29. The molecule has 2 rings (SSSR count). The molecule has 160 valence electrons. The Kier molecular flexibility index (Phi) is 7.29. The highest BCUT2D eigenvalue weighted by Gasteiger charge is 2.35. The number of hydrogen-bond donors (Lipinski definition) is 3. The van der Waals surface area contributed by atoms with Crippen molar-refractivity contribution in [3.63, 3.8) is 0 Å². The molecule has 1 aromatic heterocycles. The third-order valence-electron chi connectivity index (χ3n) is 4.24. The highest BCUT2D eigenvalue weighted by atomic mass is 35.5. The molecule has 0 aromatic carbocycles. The summed E-state index contributed by atoms with van der Waals surface area (Å²) in [6.45, 7) is 7.94. The molecule has 0 bridgehead atoms. The maximum Gasteiger partial charge on any atom is 0.407 e. The van der Waals surface area contributed by atoms with Crippen LogP contribution < -0.4 is 20.9 Å². The summed E-state index contributed by atoms with van der Waals surface area (Å²) in [7, 11) is 1.58. The maximum absolute atomic E-state index is 12.5. The van der Waals surface area contributed by atoms with Crippen LogP contribution in [0.15, 0.2) is 12.1 Å². The number of ether oxygens (including phenoxy) is 1. The summed E-state index contributed by atoms with van der Waals surface area (Å²) in [4.78, 5) is 42.2. The maximum atomic E-state index is 12.5. The summed E-state index contributed by atoms with van der Waals surface area (Å²) in [5, 5.41) is 8.19. The van der Waals surface area contributed by atoms with Gasteiger partial charge in [-0.05, 0) is 46.2 Å². The number of nitrogens with zero attached hydrogens (tertiary/aromatic N) is 2. The Morgan fingerprint density at radius 3 is 2.59 bits per heavy atom. The SMILES string of the molecule is CNC(=O)[C@@H]1CCN1c1cc(C(=O)NC[C@H](C)NC(=O)OC(C)(C)C)cc(Cl)n1. The average molecular weight is 426 g/mol. The molecule has 0 aliphatic carbocycles. The molecule has 1 saturated heterocycles. The number of likely N-dealkylation sites (N-methyl/N-ethyl adjacent to an activating group) is 1. The molecule has 1 aromatic rings. The quantitative estimate of drug-likeness (QED) is 0.598. The summed E-state index contributed by atoms with van der Waals surface area (Å²) in [5.74, 6) is 0.0129. The lowest BCUT2D eigenvalue weighted by Crippen LogP contribution is -2.56. The number of carbonyl (C=O) groups is 3. The van der Waals surface area contributed by atoms with Crippen LogP contribution in [-0.2, 0) is 9.53 Å². The van der Waals surface area contributed by atoms with Gasteiger partial charge >= 0.3 is 6.09 Å². The molecule has 0 spiro atoms. The number of amides is 3. The standard InChI is InChI=1S/C19H28ClN5O4/c1-11(23-18(28)29-19(2,3)4)10-22-16(26)12-8-14(20)24-15(9-12)25-7-6-13(25)17(27)21-5/h8-9,11,13H,6-7,10H2,1-5H3,(H,21,27)(H,22,26)(H,23,28)/t11-,13-/m0/s1. The van der Waals surface area contributed by atoms with E-state index in [9.17, 15) is 14.4 Å². The van der Waals surface area contributed by atoms with E-state index in [2.05, 4.69) is 20.9 Å². The van der Waals surface area contributed by atoms with Crippen molar-refractivity contribution in [3.8, 4) is 0 Å². The first-order chi connectivity index (χ1) is 13.5. The summed E-state index contributed by atoms with van der Waals surface area (Å²) < 4.78 is 5.19. The summed E-state index contributed by atoms with van der Waals surface area (Å²) >= 11 is 6.08. The highest BCUT2D eigenvalue weighted by Crippen LogP contribution is 2.27. The second kappa shape index (κ2) is 9.30. The molecule has 2 atom stereocenters. The van der Waals surface area contributed by atoms with Crippen LogP contribution in [0.25, 0.3) is 0 Å². The van der Waals surface area contributed by atoms with Crippen molar-refractivity contribution in [1.82, 2.24) is 20.9 Å². The van der Waals surface area contributed by atoms with E-state index in [1.165, 1.54) is 6.07 Å². The van der Waals surface area contributed by atoms with Crippen LogP contribution >= 0.6 is 11.6 Å². The molecule has 0 unspecified atom stereocenters. The normalized spacial score (nSPS) is 17.0. The van der Waals surface area contributed by atoms with Crippen molar-refractivity contribution in [2.45, 2.75) is 51.8 Å². The summed E-state index contributed by atoms with van der Waals surface area (Å²) in [6, 6.07) is 2.40. The fourth-order valence-electron chi connectivity index (χ4n) is 2.77. The molecule has 10 heteroatoms. The van der Waals surface area contributed by atoms with E-state index in [0.29, 0.717) is 24.3 Å². The van der Waals surface area contributed by atoms with Crippen molar-refractivity contribution >= 4 is 35.3 Å². The molecule has 3 N–H and O–H groups in total. The van der Waals surface area contributed by atoms with Crippen LogP contribution in [0.3, 0.4) is 0 Å². The number of aromatic nitrogens is 1. The van der Waals surface area contributed by atoms with E-state index >= 15 is 0 Å². The lowest BCUT2D eigenvalue weighted by molar-refractivity contribution is -0.123. The van der Waals surface area contributed by atoms with Crippen LogP contribution in [0.1, 0.15) is 44.5 Å². The molecule has 1 aliphatic heterocycles. The Morgan fingerprint density at radius 2 is 2.03 bits per heavy atom. The minimum absolute atomic E-state index is 0.105. The van der Waals surface area contributed by atoms with E-state index in [1.807, 2.05) is 0 Å². The molecule has 1 aliphatic rings. The topological polar surface area (TPSA) is 113 Å². The number of anilines is 1. The number of carbonyl (C=O) groups excluding carboxylic acids is 3. The molecular weight excluding hydrogens is 398 g/mol. The number of hydrogen-bond acceptors (Lipinski definition) is 6. The minimum Gasteiger partial charge on any atom is -0.444 e. The van der Waals surface area contributed by atoms with Crippen LogP contribution in [-0.4, -0.2) is 60.7 Å². The van der Waals surface area contributed by atoms with Gasteiger partial charge in [0, 0.05) is 31.7 Å². The first-order valence-electron chi connectivity index (χ1n) is 9.43.